The molecular formula is C17H27NO. The molecule has 1 aliphatic carbocycles. The molecule has 0 aromatic heterocycles. The van der Waals surface area contributed by atoms with Crippen LogP contribution in [0.2, 0.25) is 0 Å². The summed E-state index contributed by atoms with van der Waals surface area (Å²) >= 11 is 0. The quantitative estimate of drug-likeness (QED) is 0.853. The van der Waals surface area contributed by atoms with E-state index in [1.54, 1.807) is 0 Å². The molecule has 0 bridgehead atoms. The van der Waals surface area contributed by atoms with Crippen LogP contribution in [0.3, 0.4) is 0 Å². The lowest BCUT2D eigenvalue weighted by atomic mass is 9.80. The van der Waals surface area contributed by atoms with E-state index in [2.05, 4.69) is 44.3 Å². The fourth-order valence-corrected chi connectivity index (χ4v) is 3.10. The summed E-state index contributed by atoms with van der Waals surface area (Å²) in [4.78, 5) is 0. The zero-order valence-electron chi connectivity index (χ0n) is 12.7. The maximum atomic E-state index is 5.75. The Morgan fingerprint density at radius 1 is 1.26 bits per heavy atom. The van der Waals surface area contributed by atoms with Crippen LogP contribution < -0.4 is 10.1 Å². The van der Waals surface area contributed by atoms with Crippen molar-refractivity contribution in [1.82, 2.24) is 0 Å². The second-order valence-electron chi connectivity index (χ2n) is 6.08. The molecule has 1 aromatic rings. The van der Waals surface area contributed by atoms with E-state index in [1.165, 1.54) is 24.8 Å². The minimum atomic E-state index is 0.582. The van der Waals surface area contributed by atoms with Gasteiger partial charge in [0.05, 0.1) is 12.3 Å². The molecule has 0 spiro atoms. The molecule has 0 amide bonds. The summed E-state index contributed by atoms with van der Waals surface area (Å²) in [7, 11) is 0. The minimum Gasteiger partial charge on any atom is -0.492 e. The summed E-state index contributed by atoms with van der Waals surface area (Å²) in [6.45, 7) is 9.59. The molecule has 1 aromatic carbocycles. The van der Waals surface area contributed by atoms with Gasteiger partial charge in [0, 0.05) is 6.04 Å². The Balaban J connectivity index is 2.09. The van der Waals surface area contributed by atoms with Gasteiger partial charge in [-0.2, -0.15) is 0 Å². The van der Waals surface area contributed by atoms with Gasteiger partial charge in [0.15, 0.2) is 0 Å². The van der Waals surface area contributed by atoms with E-state index < -0.39 is 0 Å². The molecule has 2 rings (SSSR count). The van der Waals surface area contributed by atoms with Gasteiger partial charge >= 0.3 is 0 Å². The molecule has 3 atom stereocenters. The first kappa shape index (κ1) is 14.2. The van der Waals surface area contributed by atoms with E-state index in [0.29, 0.717) is 6.04 Å². The van der Waals surface area contributed by atoms with Crippen LogP contribution in [0.15, 0.2) is 18.2 Å². The highest BCUT2D eigenvalue weighted by molar-refractivity contribution is 5.58. The van der Waals surface area contributed by atoms with E-state index in [9.17, 15) is 0 Å². The molecule has 2 nitrogen and oxygen atoms in total. The Morgan fingerprint density at radius 2 is 2.05 bits per heavy atom. The van der Waals surface area contributed by atoms with Gasteiger partial charge in [-0.3, -0.25) is 0 Å². The summed E-state index contributed by atoms with van der Waals surface area (Å²) in [6.07, 6.45) is 3.92. The normalized spacial score (nSPS) is 27.1. The van der Waals surface area contributed by atoms with Crippen LogP contribution in [-0.2, 0) is 0 Å². The predicted octanol–water partition coefficient (Wildman–Crippen LogP) is 4.63. The Morgan fingerprint density at radius 3 is 2.74 bits per heavy atom. The fraction of sp³-hybridized carbons (Fsp3) is 0.647. The highest BCUT2D eigenvalue weighted by atomic mass is 16.5. The number of hydrogen-bond donors (Lipinski definition) is 1. The number of hydrogen-bond acceptors (Lipinski definition) is 2. The van der Waals surface area contributed by atoms with Crippen LogP contribution >= 0.6 is 0 Å². The summed E-state index contributed by atoms with van der Waals surface area (Å²) in [6, 6.07) is 7.02. The van der Waals surface area contributed by atoms with Crippen molar-refractivity contribution in [3.8, 4) is 5.75 Å². The number of aryl methyl sites for hydroxylation is 1. The van der Waals surface area contributed by atoms with E-state index in [4.69, 9.17) is 4.74 Å². The first-order valence-electron chi connectivity index (χ1n) is 7.60. The number of ether oxygens (including phenoxy) is 1. The van der Waals surface area contributed by atoms with E-state index in [-0.39, 0.29) is 0 Å². The van der Waals surface area contributed by atoms with Crippen molar-refractivity contribution < 1.29 is 4.74 Å². The van der Waals surface area contributed by atoms with Gasteiger partial charge < -0.3 is 10.1 Å². The third-order valence-electron chi connectivity index (χ3n) is 4.21. The van der Waals surface area contributed by atoms with E-state index in [1.807, 2.05) is 6.92 Å². The highest BCUT2D eigenvalue weighted by Crippen LogP contribution is 2.33. The minimum absolute atomic E-state index is 0.582. The van der Waals surface area contributed by atoms with Crippen molar-refractivity contribution in [2.45, 2.75) is 53.0 Å². The lowest BCUT2D eigenvalue weighted by molar-refractivity contribution is 0.275. The lowest BCUT2D eigenvalue weighted by Gasteiger charge is -2.34. The molecule has 1 fully saturated rings. The summed E-state index contributed by atoms with van der Waals surface area (Å²) in [5.74, 6) is 2.60. The van der Waals surface area contributed by atoms with Gasteiger partial charge in [0.1, 0.15) is 5.75 Å². The average Bonchev–Trinajstić information content (AvgIpc) is 2.36. The number of nitrogens with one attached hydrogen (secondary N) is 1. The van der Waals surface area contributed by atoms with Crippen molar-refractivity contribution in [2.24, 2.45) is 11.8 Å². The van der Waals surface area contributed by atoms with Gasteiger partial charge in [0.2, 0.25) is 0 Å². The molecule has 1 aliphatic rings. The summed E-state index contributed by atoms with van der Waals surface area (Å²) < 4.78 is 5.75. The van der Waals surface area contributed by atoms with Crippen LogP contribution in [0.25, 0.3) is 0 Å². The molecule has 19 heavy (non-hydrogen) atoms. The van der Waals surface area contributed by atoms with Crippen LogP contribution in [-0.4, -0.2) is 12.6 Å². The molecule has 2 heteroatoms. The van der Waals surface area contributed by atoms with Crippen molar-refractivity contribution in [3.05, 3.63) is 23.8 Å². The van der Waals surface area contributed by atoms with Crippen LogP contribution in [0.4, 0.5) is 5.69 Å². The van der Waals surface area contributed by atoms with Crippen molar-refractivity contribution in [1.29, 1.82) is 0 Å². The molecule has 3 unspecified atom stereocenters. The number of anilines is 1. The third kappa shape index (κ3) is 3.65. The number of rotatable bonds is 4. The van der Waals surface area contributed by atoms with E-state index >= 15 is 0 Å². The fourth-order valence-electron chi connectivity index (χ4n) is 3.10. The Hall–Kier alpha value is -1.18. The van der Waals surface area contributed by atoms with Crippen molar-refractivity contribution >= 4 is 5.69 Å². The highest BCUT2D eigenvalue weighted by Gasteiger charge is 2.25. The molecule has 0 aliphatic heterocycles. The van der Waals surface area contributed by atoms with Crippen LogP contribution in [0, 0.1) is 18.8 Å². The van der Waals surface area contributed by atoms with Crippen molar-refractivity contribution in [3.63, 3.8) is 0 Å². The van der Waals surface area contributed by atoms with Gasteiger partial charge in [-0.1, -0.05) is 19.9 Å². The third-order valence-corrected chi connectivity index (χ3v) is 4.21. The number of benzene rings is 1. The zero-order valence-corrected chi connectivity index (χ0v) is 12.7. The summed E-state index contributed by atoms with van der Waals surface area (Å²) in [5, 5.41) is 3.71. The molecule has 0 radical (unpaired) electrons. The van der Waals surface area contributed by atoms with Gasteiger partial charge in [-0.15, -0.1) is 0 Å². The molecular weight excluding hydrogens is 234 g/mol. The summed E-state index contributed by atoms with van der Waals surface area (Å²) in [5.41, 5.74) is 2.40. The maximum Gasteiger partial charge on any atom is 0.142 e. The average molecular weight is 261 g/mol. The van der Waals surface area contributed by atoms with Crippen LogP contribution in [0.5, 0.6) is 5.75 Å². The van der Waals surface area contributed by atoms with Gasteiger partial charge in [-0.25, -0.2) is 0 Å². The molecule has 1 saturated carbocycles. The predicted molar refractivity (Wildman–Crippen MR) is 81.9 cm³/mol. The maximum absolute atomic E-state index is 5.75. The smallest absolute Gasteiger partial charge is 0.142 e. The van der Waals surface area contributed by atoms with Gasteiger partial charge in [-0.05, 0) is 62.6 Å². The second-order valence-corrected chi connectivity index (χ2v) is 6.08. The molecule has 1 N–H and O–H groups in total. The Kier molecular flexibility index (Phi) is 4.73. The molecule has 106 valence electrons. The first-order valence-corrected chi connectivity index (χ1v) is 7.60. The molecule has 0 saturated heterocycles. The monoisotopic (exact) mass is 261 g/mol. The standard InChI is InChI=1S/C17H27NO/c1-5-19-17-11-13(3)7-9-16(17)18-15-8-6-12(2)10-14(15)4/h7,9,11-12,14-15,18H,5-6,8,10H2,1-4H3. The second kappa shape index (κ2) is 6.31. The molecule has 0 heterocycles. The van der Waals surface area contributed by atoms with Crippen molar-refractivity contribution in [2.75, 3.05) is 11.9 Å². The topological polar surface area (TPSA) is 21.3 Å². The Bertz CT molecular complexity index is 416. The van der Waals surface area contributed by atoms with E-state index in [0.717, 1.165) is 29.9 Å². The zero-order chi connectivity index (χ0) is 13.8. The Labute approximate surface area is 117 Å². The SMILES string of the molecule is CCOc1cc(C)ccc1NC1CCC(C)CC1C. The first-order chi connectivity index (χ1) is 9.10. The van der Waals surface area contributed by atoms with Gasteiger partial charge in [0.25, 0.3) is 0 Å². The lowest BCUT2D eigenvalue weighted by Crippen LogP contribution is -2.33. The largest absolute Gasteiger partial charge is 0.492 e. The van der Waals surface area contributed by atoms with Crippen LogP contribution in [0.1, 0.15) is 45.6 Å².